The van der Waals surface area contributed by atoms with Crippen molar-refractivity contribution in [2.24, 2.45) is 5.92 Å². The Bertz CT molecular complexity index is 305. The summed E-state index contributed by atoms with van der Waals surface area (Å²) in [7, 11) is 0. The molecule has 3 aliphatic rings. The molecular weight excluding hydrogens is 231 g/mol. The first-order valence-corrected chi connectivity index (χ1v) is 7.20. The third-order valence-corrected chi connectivity index (χ3v) is 4.73. The van der Waals surface area contributed by atoms with Gasteiger partial charge in [0.05, 0.1) is 0 Å². The molecule has 0 amide bonds. The number of nitrogens with zero attached hydrogens (tertiary/aromatic N) is 2. The summed E-state index contributed by atoms with van der Waals surface area (Å²) in [4.78, 5) is 8.64. The Hall–Kier alpha value is -0.610. The summed E-state index contributed by atoms with van der Waals surface area (Å²) in [5.74, 6) is 0.910. The zero-order chi connectivity index (χ0) is 12.5. The molecule has 2 heterocycles. The summed E-state index contributed by atoms with van der Waals surface area (Å²) in [6.45, 7) is 7.36. The fourth-order valence-corrected chi connectivity index (χ4v) is 3.54. The summed E-state index contributed by atoms with van der Waals surface area (Å²) in [5, 5.41) is 0. The van der Waals surface area contributed by atoms with Gasteiger partial charge in [-0.15, -0.1) is 0 Å². The van der Waals surface area contributed by atoms with Crippen molar-refractivity contribution in [3.63, 3.8) is 0 Å². The van der Waals surface area contributed by atoms with Gasteiger partial charge in [0.1, 0.15) is 6.61 Å². The van der Waals surface area contributed by atoms with Crippen LogP contribution < -0.4 is 0 Å². The molecule has 1 saturated carbocycles. The lowest BCUT2D eigenvalue weighted by Crippen LogP contribution is -2.53. The molecule has 4 heteroatoms. The van der Waals surface area contributed by atoms with Gasteiger partial charge in [-0.1, -0.05) is 6.58 Å². The zero-order valence-electron chi connectivity index (χ0n) is 11.0. The SMILES string of the molecule is C=C(CC1CC1)N1CC2CCC(C1)N2CCOF. The van der Waals surface area contributed by atoms with Crippen molar-refractivity contribution < 1.29 is 9.47 Å². The molecule has 102 valence electrons. The normalized spacial score (nSPS) is 31.9. The molecule has 2 atom stereocenters. The Balaban J connectivity index is 1.55. The van der Waals surface area contributed by atoms with E-state index in [1.807, 2.05) is 0 Å². The monoisotopic (exact) mass is 254 g/mol. The first kappa shape index (κ1) is 12.4. The second kappa shape index (κ2) is 5.17. The average Bonchev–Trinajstić information content (AvgIpc) is 3.13. The van der Waals surface area contributed by atoms with Crippen LogP contribution in [0.1, 0.15) is 32.1 Å². The number of rotatable bonds is 6. The summed E-state index contributed by atoms with van der Waals surface area (Å²) >= 11 is 0. The van der Waals surface area contributed by atoms with Crippen LogP contribution in [-0.2, 0) is 4.94 Å². The van der Waals surface area contributed by atoms with Crippen LogP contribution in [0.15, 0.2) is 12.3 Å². The molecule has 3 fully saturated rings. The Morgan fingerprint density at radius 2 is 1.83 bits per heavy atom. The lowest BCUT2D eigenvalue weighted by molar-refractivity contribution is -0.140. The van der Waals surface area contributed by atoms with Crippen LogP contribution in [0.2, 0.25) is 0 Å². The fraction of sp³-hybridized carbons (Fsp3) is 0.857. The van der Waals surface area contributed by atoms with Crippen molar-refractivity contribution in [3.05, 3.63) is 12.3 Å². The predicted molar refractivity (Wildman–Crippen MR) is 68.6 cm³/mol. The molecule has 0 N–H and O–H groups in total. The third kappa shape index (κ3) is 2.54. The van der Waals surface area contributed by atoms with Crippen LogP contribution >= 0.6 is 0 Å². The molecule has 3 rings (SSSR count). The molecule has 2 saturated heterocycles. The van der Waals surface area contributed by atoms with Gasteiger partial charge in [0.25, 0.3) is 0 Å². The van der Waals surface area contributed by atoms with Crippen LogP contribution in [0.5, 0.6) is 0 Å². The molecule has 18 heavy (non-hydrogen) atoms. The van der Waals surface area contributed by atoms with Crippen molar-refractivity contribution in [2.45, 2.75) is 44.2 Å². The van der Waals surface area contributed by atoms with E-state index in [1.165, 1.54) is 37.8 Å². The highest BCUT2D eigenvalue weighted by molar-refractivity contribution is 5.06. The van der Waals surface area contributed by atoms with Gasteiger partial charge in [0.15, 0.2) is 0 Å². The summed E-state index contributed by atoms with van der Waals surface area (Å²) < 4.78 is 11.8. The second-order valence-electron chi connectivity index (χ2n) is 6.05. The largest absolute Gasteiger partial charge is 0.372 e. The number of allylic oxidation sites excluding steroid dienone is 1. The lowest BCUT2D eigenvalue weighted by Gasteiger charge is -2.42. The number of halogens is 1. The fourth-order valence-electron chi connectivity index (χ4n) is 3.54. The van der Waals surface area contributed by atoms with Gasteiger partial charge in [-0.05, 0) is 42.5 Å². The molecule has 0 aromatic carbocycles. The highest BCUT2D eigenvalue weighted by Crippen LogP contribution is 2.38. The van der Waals surface area contributed by atoms with Crippen molar-refractivity contribution in [3.8, 4) is 0 Å². The smallest absolute Gasteiger partial charge is 0.100 e. The van der Waals surface area contributed by atoms with Gasteiger partial charge in [-0.25, -0.2) is 0 Å². The van der Waals surface area contributed by atoms with E-state index >= 15 is 0 Å². The third-order valence-electron chi connectivity index (χ3n) is 4.73. The first-order valence-electron chi connectivity index (χ1n) is 7.20. The van der Waals surface area contributed by atoms with E-state index in [1.54, 1.807) is 0 Å². The number of piperazine rings is 1. The molecule has 0 aromatic rings. The number of fused-ring (bicyclic) bond motifs is 2. The summed E-state index contributed by atoms with van der Waals surface area (Å²) in [5.41, 5.74) is 1.33. The van der Waals surface area contributed by atoms with Crippen LogP contribution in [0.25, 0.3) is 0 Å². The van der Waals surface area contributed by atoms with Gasteiger partial charge >= 0.3 is 0 Å². The topological polar surface area (TPSA) is 15.7 Å². The minimum absolute atomic E-state index is 0.204. The zero-order valence-corrected chi connectivity index (χ0v) is 11.0. The second-order valence-corrected chi connectivity index (χ2v) is 6.05. The number of hydrogen-bond donors (Lipinski definition) is 0. The molecule has 3 nitrogen and oxygen atoms in total. The maximum absolute atomic E-state index is 11.8. The van der Waals surface area contributed by atoms with Crippen molar-refractivity contribution >= 4 is 0 Å². The minimum atomic E-state index is 0.204. The Labute approximate surface area is 108 Å². The van der Waals surface area contributed by atoms with Gasteiger partial charge in [-0.3, -0.25) is 4.90 Å². The molecule has 0 spiro atoms. The minimum Gasteiger partial charge on any atom is -0.372 e. The van der Waals surface area contributed by atoms with E-state index in [4.69, 9.17) is 0 Å². The molecule has 1 aliphatic carbocycles. The van der Waals surface area contributed by atoms with E-state index in [2.05, 4.69) is 21.3 Å². The van der Waals surface area contributed by atoms with E-state index < -0.39 is 0 Å². The predicted octanol–water partition coefficient (Wildman–Crippen LogP) is 2.35. The van der Waals surface area contributed by atoms with Crippen molar-refractivity contribution in [1.82, 2.24) is 9.80 Å². The van der Waals surface area contributed by atoms with Gasteiger partial charge in [0.2, 0.25) is 0 Å². The van der Waals surface area contributed by atoms with Crippen molar-refractivity contribution in [2.75, 3.05) is 26.2 Å². The highest BCUT2D eigenvalue weighted by Gasteiger charge is 2.40. The summed E-state index contributed by atoms with van der Waals surface area (Å²) in [6, 6.07) is 1.16. The van der Waals surface area contributed by atoms with Gasteiger partial charge < -0.3 is 4.90 Å². The molecule has 0 aromatic heterocycles. The molecule has 0 radical (unpaired) electrons. The lowest BCUT2D eigenvalue weighted by atomic mass is 10.1. The highest BCUT2D eigenvalue weighted by atomic mass is 19.3. The van der Waals surface area contributed by atoms with Gasteiger partial charge in [-0.2, -0.15) is 4.94 Å². The van der Waals surface area contributed by atoms with Crippen LogP contribution in [0, 0.1) is 5.92 Å². The quantitative estimate of drug-likeness (QED) is 0.723. The molecule has 2 bridgehead atoms. The van der Waals surface area contributed by atoms with E-state index in [9.17, 15) is 4.53 Å². The maximum atomic E-state index is 11.8. The number of hydrogen-bond acceptors (Lipinski definition) is 3. The Morgan fingerprint density at radius 3 is 2.39 bits per heavy atom. The van der Waals surface area contributed by atoms with Gasteiger partial charge in [0, 0.05) is 37.4 Å². The summed E-state index contributed by atoms with van der Waals surface area (Å²) in [6.07, 6.45) is 6.45. The maximum Gasteiger partial charge on any atom is 0.100 e. The Morgan fingerprint density at radius 1 is 1.17 bits per heavy atom. The molecular formula is C14H23FN2O. The van der Waals surface area contributed by atoms with E-state index in [-0.39, 0.29) is 6.61 Å². The van der Waals surface area contributed by atoms with Crippen LogP contribution in [0.4, 0.5) is 4.53 Å². The standard InChI is InChI=1S/C14H23FN2O/c1-11(8-12-2-3-12)16-9-13-4-5-14(10-16)17(13)6-7-18-15/h12-14H,1-10H2. The van der Waals surface area contributed by atoms with E-state index in [0.717, 1.165) is 25.6 Å². The average molecular weight is 254 g/mol. The first-order chi connectivity index (χ1) is 8.78. The molecule has 2 unspecified atom stereocenters. The molecule has 2 aliphatic heterocycles. The van der Waals surface area contributed by atoms with Crippen LogP contribution in [-0.4, -0.2) is 48.1 Å². The number of likely N-dealkylation sites (tertiary alicyclic amines) is 1. The van der Waals surface area contributed by atoms with Crippen molar-refractivity contribution in [1.29, 1.82) is 0 Å². The Kier molecular flexibility index (Phi) is 3.57. The van der Waals surface area contributed by atoms with E-state index in [0.29, 0.717) is 12.1 Å². The van der Waals surface area contributed by atoms with Crippen LogP contribution in [0.3, 0.4) is 0 Å².